The zero-order valence-electron chi connectivity index (χ0n) is 10.6. The fourth-order valence-corrected chi connectivity index (χ4v) is 2.14. The molecule has 0 unspecified atom stereocenters. The molecule has 3 nitrogen and oxygen atoms in total. The van der Waals surface area contributed by atoms with Gasteiger partial charge in [0.15, 0.2) is 0 Å². The summed E-state index contributed by atoms with van der Waals surface area (Å²) in [5, 5.41) is 11.2. The van der Waals surface area contributed by atoms with E-state index >= 15 is 0 Å². The molecule has 0 atom stereocenters. The van der Waals surface area contributed by atoms with Crippen LogP contribution in [0.1, 0.15) is 10.4 Å². The highest BCUT2D eigenvalue weighted by Gasteiger charge is 2.12. The van der Waals surface area contributed by atoms with Crippen molar-refractivity contribution in [1.82, 2.24) is 0 Å². The van der Waals surface area contributed by atoms with E-state index < -0.39 is 5.97 Å². The van der Waals surface area contributed by atoms with Crippen molar-refractivity contribution < 1.29 is 14.6 Å². The van der Waals surface area contributed by atoms with Crippen molar-refractivity contribution in [2.75, 3.05) is 0 Å². The Hall–Kier alpha value is -2.81. The summed E-state index contributed by atoms with van der Waals surface area (Å²) < 4.78 is 5.80. The fraction of sp³-hybridized carbons (Fsp3) is 0. The van der Waals surface area contributed by atoms with Crippen LogP contribution >= 0.6 is 0 Å². The molecule has 0 aromatic heterocycles. The van der Waals surface area contributed by atoms with E-state index in [4.69, 9.17) is 4.74 Å². The number of carbonyl (C=O) groups is 1. The lowest BCUT2D eigenvalue weighted by Crippen LogP contribution is -1.99. The number of benzene rings is 3. The van der Waals surface area contributed by atoms with Gasteiger partial charge in [0.2, 0.25) is 0 Å². The molecule has 0 saturated heterocycles. The quantitative estimate of drug-likeness (QED) is 0.765. The average molecular weight is 264 g/mol. The summed E-state index contributed by atoms with van der Waals surface area (Å²) in [6.07, 6.45) is 0. The summed E-state index contributed by atoms with van der Waals surface area (Å²) in [5.74, 6) is -0.00557. The summed E-state index contributed by atoms with van der Waals surface area (Å²) >= 11 is 0. The Kier molecular flexibility index (Phi) is 3.09. The van der Waals surface area contributed by atoms with Gasteiger partial charge in [-0.15, -0.1) is 0 Å². The third-order valence-electron chi connectivity index (χ3n) is 3.09. The third kappa shape index (κ3) is 2.21. The predicted molar refractivity (Wildman–Crippen MR) is 77.4 cm³/mol. The van der Waals surface area contributed by atoms with E-state index in [1.807, 2.05) is 42.5 Å². The molecule has 0 heterocycles. The highest BCUT2D eigenvalue weighted by molar-refractivity contribution is 5.92. The Morgan fingerprint density at radius 2 is 1.45 bits per heavy atom. The van der Waals surface area contributed by atoms with Crippen LogP contribution in [-0.4, -0.2) is 11.1 Å². The van der Waals surface area contributed by atoms with Crippen molar-refractivity contribution in [3.05, 3.63) is 72.3 Å². The highest BCUT2D eigenvalue weighted by atomic mass is 16.5. The van der Waals surface area contributed by atoms with E-state index in [0.717, 1.165) is 10.8 Å². The molecule has 0 radical (unpaired) electrons. The van der Waals surface area contributed by atoms with E-state index in [1.54, 1.807) is 18.2 Å². The zero-order chi connectivity index (χ0) is 13.9. The molecule has 0 fully saturated rings. The maximum atomic E-state index is 11.2. The average Bonchev–Trinajstić information content (AvgIpc) is 2.48. The van der Waals surface area contributed by atoms with Gasteiger partial charge in [0.1, 0.15) is 17.1 Å². The number of hydrogen-bond acceptors (Lipinski definition) is 2. The summed E-state index contributed by atoms with van der Waals surface area (Å²) in [6.45, 7) is 0. The molecule has 3 aromatic carbocycles. The third-order valence-corrected chi connectivity index (χ3v) is 3.09. The molecule has 0 spiro atoms. The van der Waals surface area contributed by atoms with Gasteiger partial charge < -0.3 is 9.84 Å². The van der Waals surface area contributed by atoms with Gasteiger partial charge in [-0.1, -0.05) is 48.5 Å². The van der Waals surface area contributed by atoms with Gasteiger partial charge in [-0.05, 0) is 23.6 Å². The van der Waals surface area contributed by atoms with Gasteiger partial charge in [-0.25, -0.2) is 4.79 Å². The zero-order valence-corrected chi connectivity index (χ0v) is 10.6. The largest absolute Gasteiger partial charge is 0.478 e. The van der Waals surface area contributed by atoms with Crippen LogP contribution in [0.25, 0.3) is 10.8 Å². The van der Waals surface area contributed by atoms with Gasteiger partial charge in [0, 0.05) is 5.39 Å². The molecule has 0 amide bonds. The Morgan fingerprint density at radius 3 is 2.30 bits per heavy atom. The maximum Gasteiger partial charge on any atom is 0.339 e. The van der Waals surface area contributed by atoms with Crippen molar-refractivity contribution in [2.24, 2.45) is 0 Å². The van der Waals surface area contributed by atoms with Crippen LogP contribution in [0.2, 0.25) is 0 Å². The van der Waals surface area contributed by atoms with Crippen LogP contribution in [-0.2, 0) is 0 Å². The van der Waals surface area contributed by atoms with Crippen molar-refractivity contribution in [1.29, 1.82) is 0 Å². The van der Waals surface area contributed by atoms with E-state index in [0.29, 0.717) is 11.5 Å². The SMILES string of the molecule is O=C(O)c1ccccc1Oc1cccc2ccccc12. The molecule has 3 aromatic rings. The lowest BCUT2D eigenvalue weighted by atomic mass is 10.1. The molecule has 0 saturated carbocycles. The van der Waals surface area contributed by atoms with Gasteiger partial charge >= 0.3 is 5.97 Å². The Bertz CT molecular complexity index is 773. The minimum atomic E-state index is -0.999. The minimum absolute atomic E-state index is 0.153. The Labute approximate surface area is 116 Å². The van der Waals surface area contributed by atoms with E-state index in [9.17, 15) is 9.90 Å². The molecular weight excluding hydrogens is 252 g/mol. The number of rotatable bonds is 3. The summed E-state index contributed by atoms with van der Waals surface area (Å²) in [4.78, 5) is 11.2. The molecular formula is C17H12O3. The predicted octanol–water partition coefficient (Wildman–Crippen LogP) is 4.33. The van der Waals surface area contributed by atoms with Crippen LogP contribution in [0.4, 0.5) is 0 Å². The Balaban J connectivity index is 2.08. The van der Waals surface area contributed by atoms with Crippen molar-refractivity contribution in [2.45, 2.75) is 0 Å². The first-order valence-electron chi connectivity index (χ1n) is 6.23. The second kappa shape index (κ2) is 5.05. The minimum Gasteiger partial charge on any atom is -0.478 e. The smallest absolute Gasteiger partial charge is 0.339 e. The number of carboxylic acid groups (broad SMARTS) is 1. The topological polar surface area (TPSA) is 46.5 Å². The van der Waals surface area contributed by atoms with E-state index in [-0.39, 0.29) is 5.56 Å². The standard InChI is InChI=1S/C17H12O3/c18-17(19)14-9-3-4-10-16(14)20-15-11-5-7-12-6-1-2-8-13(12)15/h1-11H,(H,18,19). The summed E-state index contributed by atoms with van der Waals surface area (Å²) in [6, 6.07) is 20.2. The maximum absolute atomic E-state index is 11.2. The second-order valence-corrected chi connectivity index (χ2v) is 4.38. The van der Waals surface area contributed by atoms with Gasteiger partial charge in [0.25, 0.3) is 0 Å². The monoisotopic (exact) mass is 264 g/mol. The number of para-hydroxylation sites is 1. The van der Waals surface area contributed by atoms with Crippen molar-refractivity contribution >= 4 is 16.7 Å². The normalized spacial score (nSPS) is 10.4. The Morgan fingerprint density at radius 1 is 0.800 bits per heavy atom. The van der Waals surface area contributed by atoms with Gasteiger partial charge in [-0.2, -0.15) is 0 Å². The molecule has 0 aliphatic rings. The van der Waals surface area contributed by atoms with E-state index in [1.165, 1.54) is 6.07 Å². The molecule has 3 rings (SSSR count). The van der Waals surface area contributed by atoms with Crippen LogP contribution in [0.15, 0.2) is 66.7 Å². The molecule has 1 N–H and O–H groups in total. The van der Waals surface area contributed by atoms with E-state index in [2.05, 4.69) is 0 Å². The first-order valence-corrected chi connectivity index (χ1v) is 6.23. The number of ether oxygens (including phenoxy) is 1. The van der Waals surface area contributed by atoms with Gasteiger partial charge in [-0.3, -0.25) is 0 Å². The molecule has 0 bridgehead atoms. The van der Waals surface area contributed by atoms with Crippen molar-refractivity contribution in [3.63, 3.8) is 0 Å². The lowest BCUT2D eigenvalue weighted by Gasteiger charge is -2.10. The molecule has 0 aliphatic heterocycles. The number of hydrogen-bond donors (Lipinski definition) is 1. The summed E-state index contributed by atoms with van der Waals surface area (Å²) in [7, 11) is 0. The molecule has 0 aliphatic carbocycles. The highest BCUT2D eigenvalue weighted by Crippen LogP contribution is 2.31. The van der Waals surface area contributed by atoms with Gasteiger partial charge in [0.05, 0.1) is 0 Å². The van der Waals surface area contributed by atoms with Crippen molar-refractivity contribution in [3.8, 4) is 11.5 Å². The molecule has 20 heavy (non-hydrogen) atoms. The summed E-state index contributed by atoms with van der Waals surface area (Å²) in [5.41, 5.74) is 0.153. The lowest BCUT2D eigenvalue weighted by molar-refractivity contribution is 0.0694. The van der Waals surface area contributed by atoms with Crippen LogP contribution in [0, 0.1) is 0 Å². The number of carboxylic acids is 1. The molecule has 3 heteroatoms. The number of aromatic carboxylic acids is 1. The first kappa shape index (κ1) is 12.2. The van der Waals surface area contributed by atoms with Crippen LogP contribution in [0.5, 0.6) is 11.5 Å². The van der Waals surface area contributed by atoms with Crippen LogP contribution in [0.3, 0.4) is 0 Å². The fourth-order valence-electron chi connectivity index (χ4n) is 2.14. The first-order chi connectivity index (χ1) is 9.75. The second-order valence-electron chi connectivity index (χ2n) is 4.38. The molecule has 98 valence electrons. The van der Waals surface area contributed by atoms with Crippen LogP contribution < -0.4 is 4.74 Å². The number of fused-ring (bicyclic) bond motifs is 1.